The van der Waals surface area contributed by atoms with Crippen LogP contribution in [0.4, 0.5) is 0 Å². The maximum absolute atomic E-state index is 12.0. The number of hydrogen-bond donors (Lipinski definition) is 1. The first-order valence-electron chi connectivity index (χ1n) is 5.41. The molecule has 0 bridgehead atoms. The molecule has 1 aromatic carbocycles. The molecular weight excluding hydrogens is 246 g/mol. The van der Waals surface area contributed by atoms with Crippen LogP contribution in [0.15, 0.2) is 40.1 Å². The first kappa shape index (κ1) is 12.5. The lowest BCUT2D eigenvalue weighted by molar-refractivity contribution is 0.101. The average Bonchev–Trinajstić information content (AvgIpc) is 2.39. The minimum absolute atomic E-state index is 0.0936. The van der Waals surface area contributed by atoms with E-state index in [9.17, 15) is 14.4 Å². The molecule has 6 heteroatoms. The van der Waals surface area contributed by atoms with Gasteiger partial charge in [0.05, 0.1) is 22.9 Å². The van der Waals surface area contributed by atoms with Crippen LogP contribution < -0.4 is 11.2 Å². The van der Waals surface area contributed by atoms with Gasteiger partial charge in [0.1, 0.15) is 0 Å². The van der Waals surface area contributed by atoms with E-state index in [-0.39, 0.29) is 5.56 Å². The average molecular weight is 255 g/mol. The van der Waals surface area contributed by atoms with Gasteiger partial charge in [0, 0.05) is 6.20 Å². The Labute approximate surface area is 107 Å². The van der Waals surface area contributed by atoms with Crippen molar-refractivity contribution >= 4 is 5.78 Å². The van der Waals surface area contributed by atoms with Gasteiger partial charge in [-0.1, -0.05) is 0 Å². The number of aromatic nitrogens is 2. The number of carbonyl (C=O) groups is 1. The predicted octanol–water partition coefficient (Wildman–Crippen LogP) is 0.600. The van der Waals surface area contributed by atoms with Crippen molar-refractivity contribution in [1.29, 1.82) is 5.26 Å². The fourth-order valence-electron chi connectivity index (χ4n) is 1.64. The maximum Gasteiger partial charge on any atom is 0.333 e. The lowest BCUT2D eigenvalue weighted by Gasteiger charge is -2.05. The highest BCUT2D eigenvalue weighted by Crippen LogP contribution is 2.05. The highest BCUT2D eigenvalue weighted by atomic mass is 16.2. The molecule has 0 unspecified atom stereocenters. The Balaban J connectivity index is 2.71. The second kappa shape index (κ2) is 4.74. The van der Waals surface area contributed by atoms with E-state index in [2.05, 4.69) is 4.98 Å². The lowest BCUT2D eigenvalue weighted by atomic mass is 10.2. The largest absolute Gasteiger partial charge is 0.333 e. The zero-order valence-electron chi connectivity index (χ0n) is 10.0. The molecule has 0 aliphatic carbocycles. The third-order valence-electron chi connectivity index (χ3n) is 2.61. The van der Waals surface area contributed by atoms with Crippen molar-refractivity contribution in [1.82, 2.24) is 9.55 Å². The van der Waals surface area contributed by atoms with Gasteiger partial charge in [0.15, 0.2) is 5.78 Å². The molecule has 94 valence electrons. The van der Waals surface area contributed by atoms with Gasteiger partial charge in [0.2, 0.25) is 0 Å². The maximum atomic E-state index is 12.0. The summed E-state index contributed by atoms with van der Waals surface area (Å²) >= 11 is 0. The number of hydrogen-bond acceptors (Lipinski definition) is 4. The van der Waals surface area contributed by atoms with Crippen molar-refractivity contribution < 1.29 is 4.79 Å². The van der Waals surface area contributed by atoms with Gasteiger partial charge in [0.25, 0.3) is 5.56 Å². The van der Waals surface area contributed by atoms with E-state index in [4.69, 9.17) is 5.26 Å². The molecule has 0 spiro atoms. The first-order chi connectivity index (χ1) is 9.04. The summed E-state index contributed by atoms with van der Waals surface area (Å²) in [4.78, 5) is 37.4. The molecule has 2 rings (SSSR count). The van der Waals surface area contributed by atoms with E-state index in [1.807, 2.05) is 6.07 Å². The van der Waals surface area contributed by atoms with Crippen LogP contribution in [0, 0.1) is 11.3 Å². The fourth-order valence-corrected chi connectivity index (χ4v) is 1.64. The smallest absolute Gasteiger partial charge is 0.313 e. The van der Waals surface area contributed by atoms with Gasteiger partial charge in [-0.05, 0) is 31.2 Å². The van der Waals surface area contributed by atoms with E-state index in [0.717, 1.165) is 10.8 Å². The number of nitrogens with one attached hydrogen (secondary N) is 1. The quantitative estimate of drug-likeness (QED) is 0.795. The summed E-state index contributed by atoms with van der Waals surface area (Å²) in [5.74, 6) is -0.427. The van der Waals surface area contributed by atoms with Crippen molar-refractivity contribution in [3.05, 3.63) is 62.4 Å². The first-order valence-corrected chi connectivity index (χ1v) is 5.41. The van der Waals surface area contributed by atoms with Crippen LogP contribution in [-0.2, 0) is 0 Å². The normalized spacial score (nSPS) is 9.89. The number of carbonyl (C=O) groups excluding carboxylic acids is 1. The molecule has 1 aromatic heterocycles. The second-order valence-corrected chi connectivity index (χ2v) is 3.86. The Morgan fingerprint density at radius 1 is 1.26 bits per heavy atom. The summed E-state index contributed by atoms with van der Waals surface area (Å²) in [5.41, 5.74) is -0.700. The number of Topliss-reactive ketones (excluding diaryl/α,β-unsaturated/α-hetero) is 1. The molecule has 0 fully saturated rings. The summed E-state index contributed by atoms with van der Waals surface area (Å²) in [6.45, 7) is 1.25. The van der Waals surface area contributed by atoms with E-state index >= 15 is 0 Å². The van der Waals surface area contributed by atoms with E-state index < -0.39 is 17.0 Å². The van der Waals surface area contributed by atoms with Gasteiger partial charge >= 0.3 is 5.69 Å². The van der Waals surface area contributed by atoms with Crippen molar-refractivity contribution in [2.75, 3.05) is 0 Å². The van der Waals surface area contributed by atoms with Gasteiger partial charge in [-0.25, -0.2) is 9.36 Å². The Bertz CT molecular complexity index is 792. The van der Waals surface area contributed by atoms with E-state index in [0.29, 0.717) is 11.3 Å². The number of benzene rings is 1. The Hall–Kier alpha value is -2.94. The predicted molar refractivity (Wildman–Crippen MR) is 67.4 cm³/mol. The molecule has 0 saturated heterocycles. The third-order valence-corrected chi connectivity index (χ3v) is 2.61. The minimum Gasteiger partial charge on any atom is -0.313 e. The third kappa shape index (κ3) is 2.21. The monoisotopic (exact) mass is 255 g/mol. The molecule has 0 aliphatic heterocycles. The summed E-state index contributed by atoms with van der Waals surface area (Å²) < 4.78 is 0.859. The zero-order chi connectivity index (χ0) is 14.0. The second-order valence-electron chi connectivity index (χ2n) is 3.86. The van der Waals surface area contributed by atoms with Gasteiger partial charge in [-0.3, -0.25) is 9.59 Å². The summed E-state index contributed by atoms with van der Waals surface area (Å²) in [7, 11) is 0. The van der Waals surface area contributed by atoms with Crippen LogP contribution in [-0.4, -0.2) is 15.3 Å². The van der Waals surface area contributed by atoms with Crippen molar-refractivity contribution in [3.63, 3.8) is 0 Å². The fraction of sp³-hybridized carbons (Fsp3) is 0.0769. The van der Waals surface area contributed by atoms with Gasteiger partial charge < -0.3 is 4.98 Å². The van der Waals surface area contributed by atoms with E-state index in [1.165, 1.54) is 31.2 Å². The molecular formula is C13H9N3O3. The molecule has 19 heavy (non-hydrogen) atoms. The van der Waals surface area contributed by atoms with Crippen LogP contribution >= 0.6 is 0 Å². The van der Waals surface area contributed by atoms with Crippen molar-refractivity contribution in [3.8, 4) is 11.8 Å². The Morgan fingerprint density at radius 3 is 2.42 bits per heavy atom. The number of nitriles is 1. The Morgan fingerprint density at radius 2 is 1.89 bits per heavy atom. The highest BCUT2D eigenvalue weighted by molar-refractivity contribution is 5.93. The van der Waals surface area contributed by atoms with Crippen LogP contribution in [0.25, 0.3) is 5.69 Å². The summed E-state index contributed by atoms with van der Waals surface area (Å²) in [6.07, 6.45) is 1.10. The number of H-pyrrole nitrogens is 1. The minimum atomic E-state index is -0.680. The lowest BCUT2D eigenvalue weighted by Crippen LogP contribution is -2.36. The molecule has 0 aliphatic rings. The topological polar surface area (TPSA) is 95.7 Å². The van der Waals surface area contributed by atoms with Gasteiger partial charge in [-0.2, -0.15) is 5.26 Å². The molecule has 0 amide bonds. The molecule has 1 N–H and O–H groups in total. The van der Waals surface area contributed by atoms with Crippen LogP contribution in [0.2, 0.25) is 0 Å². The van der Waals surface area contributed by atoms with Crippen LogP contribution in [0.3, 0.4) is 0 Å². The zero-order valence-corrected chi connectivity index (χ0v) is 10.0. The number of rotatable bonds is 2. The van der Waals surface area contributed by atoms with Crippen LogP contribution in [0.5, 0.6) is 0 Å². The summed E-state index contributed by atoms with van der Waals surface area (Å²) in [5, 5.41) is 8.69. The highest BCUT2D eigenvalue weighted by Gasteiger charge is 2.12. The SMILES string of the molecule is CC(=O)c1c[nH]c(=O)n(-c2ccc(C#N)cc2)c1=O. The number of aromatic amines is 1. The number of nitrogens with zero attached hydrogens (tertiary/aromatic N) is 2. The molecule has 0 atom stereocenters. The number of ketones is 1. The summed E-state index contributed by atoms with van der Waals surface area (Å²) in [6, 6.07) is 7.86. The van der Waals surface area contributed by atoms with Crippen molar-refractivity contribution in [2.45, 2.75) is 6.92 Å². The molecule has 0 radical (unpaired) electrons. The standard InChI is InChI=1S/C13H9N3O3/c1-8(17)11-7-15-13(19)16(12(11)18)10-4-2-9(6-14)3-5-10/h2-5,7H,1H3,(H,15,19). The molecule has 1 heterocycles. The Kier molecular flexibility index (Phi) is 3.12. The van der Waals surface area contributed by atoms with Crippen LogP contribution in [0.1, 0.15) is 22.8 Å². The molecule has 6 nitrogen and oxygen atoms in total. The van der Waals surface area contributed by atoms with E-state index in [1.54, 1.807) is 0 Å². The van der Waals surface area contributed by atoms with Gasteiger partial charge in [-0.15, -0.1) is 0 Å². The molecule has 0 saturated carbocycles. The van der Waals surface area contributed by atoms with Crippen molar-refractivity contribution in [2.24, 2.45) is 0 Å². The molecule has 2 aromatic rings.